The molecule has 20 heavy (non-hydrogen) atoms. The van der Waals surface area contributed by atoms with Gasteiger partial charge in [0.05, 0.1) is 22.7 Å². The van der Waals surface area contributed by atoms with Crippen molar-refractivity contribution in [3.8, 4) is 0 Å². The fraction of sp³-hybridized carbons (Fsp3) is 0.462. The molecule has 0 aromatic heterocycles. The Hall–Kier alpha value is -2.02. The summed E-state index contributed by atoms with van der Waals surface area (Å²) in [4.78, 5) is 21.7. The lowest BCUT2D eigenvalue weighted by atomic mass is 9.93. The molecule has 1 amide bonds. The van der Waals surface area contributed by atoms with Gasteiger partial charge in [-0.3, -0.25) is 14.9 Å². The number of hydrogen-bond donors (Lipinski definition) is 2. The van der Waals surface area contributed by atoms with E-state index in [4.69, 9.17) is 0 Å². The number of nitro benzene ring substituents is 1. The predicted octanol–water partition coefficient (Wildman–Crippen LogP) is 1.77. The van der Waals surface area contributed by atoms with Gasteiger partial charge < -0.3 is 10.4 Å². The molecular formula is C13H15FN2O4. The van der Waals surface area contributed by atoms with Crippen LogP contribution < -0.4 is 5.32 Å². The molecule has 108 valence electrons. The van der Waals surface area contributed by atoms with Crippen molar-refractivity contribution in [2.75, 3.05) is 0 Å². The smallest absolute Gasteiger partial charge is 0.272 e. The van der Waals surface area contributed by atoms with E-state index in [0.717, 1.165) is 18.2 Å². The van der Waals surface area contributed by atoms with E-state index in [1.807, 2.05) is 0 Å². The number of carbonyl (C=O) groups is 1. The molecule has 0 spiro atoms. The van der Waals surface area contributed by atoms with Gasteiger partial charge in [0.15, 0.2) is 0 Å². The van der Waals surface area contributed by atoms with Crippen LogP contribution in [-0.4, -0.2) is 28.1 Å². The lowest BCUT2D eigenvalue weighted by Crippen LogP contribution is -2.38. The lowest BCUT2D eigenvalue weighted by Gasteiger charge is -2.26. The number of aliphatic hydroxyl groups excluding tert-OH is 1. The van der Waals surface area contributed by atoms with Crippen LogP contribution in [-0.2, 0) is 0 Å². The summed E-state index contributed by atoms with van der Waals surface area (Å²) in [7, 11) is 0. The molecular weight excluding hydrogens is 267 g/mol. The lowest BCUT2D eigenvalue weighted by molar-refractivity contribution is -0.385. The van der Waals surface area contributed by atoms with Crippen LogP contribution in [0.25, 0.3) is 0 Å². The van der Waals surface area contributed by atoms with E-state index in [9.17, 15) is 24.4 Å². The van der Waals surface area contributed by atoms with Gasteiger partial charge in [0.1, 0.15) is 5.82 Å². The summed E-state index contributed by atoms with van der Waals surface area (Å²) in [5, 5.41) is 22.6. The Morgan fingerprint density at radius 1 is 1.35 bits per heavy atom. The second kappa shape index (κ2) is 5.96. The summed E-state index contributed by atoms with van der Waals surface area (Å²) in [6.45, 7) is 0. The molecule has 1 aromatic carbocycles. The highest BCUT2D eigenvalue weighted by atomic mass is 19.1. The topological polar surface area (TPSA) is 92.5 Å². The Labute approximate surface area is 114 Å². The van der Waals surface area contributed by atoms with Crippen molar-refractivity contribution in [2.24, 2.45) is 0 Å². The first kappa shape index (κ1) is 14.4. The van der Waals surface area contributed by atoms with E-state index in [0.29, 0.717) is 25.7 Å². The zero-order valence-corrected chi connectivity index (χ0v) is 10.7. The number of carbonyl (C=O) groups excluding carboxylic acids is 1. The SMILES string of the molecule is O=C(NC1CCC(O)CC1)c1ccc([N+](=O)[O-])cc1F. The number of non-ortho nitro benzene ring substituents is 1. The van der Waals surface area contributed by atoms with Crippen molar-refractivity contribution in [3.63, 3.8) is 0 Å². The molecule has 1 aromatic rings. The zero-order valence-electron chi connectivity index (χ0n) is 10.7. The largest absolute Gasteiger partial charge is 0.393 e. The second-order valence-corrected chi connectivity index (χ2v) is 4.90. The number of aliphatic hydroxyl groups is 1. The van der Waals surface area contributed by atoms with E-state index in [2.05, 4.69) is 5.32 Å². The molecule has 0 aliphatic heterocycles. The van der Waals surface area contributed by atoms with Crippen molar-refractivity contribution >= 4 is 11.6 Å². The van der Waals surface area contributed by atoms with Gasteiger partial charge in [-0.05, 0) is 31.7 Å². The number of rotatable bonds is 3. The third kappa shape index (κ3) is 3.30. The molecule has 1 fully saturated rings. The van der Waals surface area contributed by atoms with Gasteiger partial charge in [0.2, 0.25) is 0 Å². The van der Waals surface area contributed by atoms with E-state index < -0.39 is 16.6 Å². The minimum atomic E-state index is -0.910. The molecule has 7 heteroatoms. The van der Waals surface area contributed by atoms with Crippen molar-refractivity contribution in [3.05, 3.63) is 39.7 Å². The Morgan fingerprint density at radius 2 is 2.00 bits per heavy atom. The fourth-order valence-corrected chi connectivity index (χ4v) is 2.29. The Bertz CT molecular complexity index is 527. The number of nitrogens with one attached hydrogen (secondary N) is 1. The molecule has 0 saturated heterocycles. The maximum absolute atomic E-state index is 13.7. The molecule has 2 N–H and O–H groups in total. The van der Waals surface area contributed by atoms with Gasteiger partial charge in [-0.2, -0.15) is 0 Å². The van der Waals surface area contributed by atoms with Crippen LogP contribution in [0.4, 0.5) is 10.1 Å². The maximum atomic E-state index is 13.7. The number of halogens is 1. The summed E-state index contributed by atoms with van der Waals surface area (Å²) < 4.78 is 13.7. The first-order chi connectivity index (χ1) is 9.47. The second-order valence-electron chi connectivity index (χ2n) is 4.90. The van der Waals surface area contributed by atoms with Crippen LogP contribution >= 0.6 is 0 Å². The van der Waals surface area contributed by atoms with Gasteiger partial charge >= 0.3 is 0 Å². The summed E-state index contributed by atoms with van der Waals surface area (Å²) >= 11 is 0. The van der Waals surface area contributed by atoms with Gasteiger partial charge in [-0.15, -0.1) is 0 Å². The first-order valence-corrected chi connectivity index (χ1v) is 6.40. The van der Waals surface area contributed by atoms with Gasteiger partial charge in [-0.1, -0.05) is 0 Å². The van der Waals surface area contributed by atoms with Crippen molar-refractivity contribution < 1.29 is 19.2 Å². The van der Waals surface area contributed by atoms with Crippen LogP contribution in [0.5, 0.6) is 0 Å². The average Bonchev–Trinajstić information content (AvgIpc) is 2.41. The third-order valence-electron chi connectivity index (χ3n) is 3.44. The first-order valence-electron chi connectivity index (χ1n) is 6.40. The van der Waals surface area contributed by atoms with Crippen LogP contribution in [0.1, 0.15) is 36.0 Å². The summed E-state index contributed by atoms with van der Waals surface area (Å²) in [5.74, 6) is -1.49. The Balaban J connectivity index is 2.04. The third-order valence-corrected chi connectivity index (χ3v) is 3.44. The molecule has 1 aliphatic carbocycles. The normalized spacial score (nSPS) is 22.3. The average molecular weight is 282 g/mol. The van der Waals surface area contributed by atoms with Crippen LogP contribution in [0.2, 0.25) is 0 Å². The number of nitrogens with zero attached hydrogens (tertiary/aromatic N) is 1. The monoisotopic (exact) mass is 282 g/mol. The molecule has 6 nitrogen and oxygen atoms in total. The molecule has 1 saturated carbocycles. The van der Waals surface area contributed by atoms with Gasteiger partial charge in [0.25, 0.3) is 11.6 Å². The molecule has 2 rings (SSSR count). The van der Waals surface area contributed by atoms with Crippen LogP contribution in [0, 0.1) is 15.9 Å². The predicted molar refractivity (Wildman–Crippen MR) is 68.8 cm³/mol. The zero-order chi connectivity index (χ0) is 14.7. The van der Waals surface area contributed by atoms with Crippen molar-refractivity contribution in [2.45, 2.75) is 37.8 Å². The van der Waals surface area contributed by atoms with E-state index in [1.165, 1.54) is 0 Å². The summed E-state index contributed by atoms with van der Waals surface area (Å²) in [6, 6.07) is 2.85. The molecule has 0 radical (unpaired) electrons. The minimum Gasteiger partial charge on any atom is -0.393 e. The van der Waals surface area contributed by atoms with Crippen LogP contribution in [0.3, 0.4) is 0 Å². The Kier molecular flexibility index (Phi) is 4.29. The molecule has 0 bridgehead atoms. The van der Waals surface area contributed by atoms with Crippen molar-refractivity contribution in [1.29, 1.82) is 0 Å². The Morgan fingerprint density at radius 3 is 2.55 bits per heavy atom. The highest BCUT2D eigenvalue weighted by molar-refractivity contribution is 5.94. The van der Waals surface area contributed by atoms with E-state index in [1.54, 1.807) is 0 Å². The summed E-state index contributed by atoms with van der Waals surface area (Å²) in [5.41, 5.74) is -0.596. The number of amides is 1. The molecule has 0 atom stereocenters. The maximum Gasteiger partial charge on any atom is 0.272 e. The highest BCUT2D eigenvalue weighted by Gasteiger charge is 2.23. The quantitative estimate of drug-likeness (QED) is 0.652. The van der Waals surface area contributed by atoms with Gasteiger partial charge in [0, 0.05) is 12.1 Å². The highest BCUT2D eigenvalue weighted by Crippen LogP contribution is 2.20. The molecule has 0 heterocycles. The minimum absolute atomic E-state index is 0.0968. The standard InChI is InChI=1S/C13H15FN2O4/c14-12-7-9(16(19)20)3-6-11(12)13(18)15-8-1-4-10(17)5-2-8/h3,6-8,10,17H,1-2,4-5H2,(H,15,18). The van der Waals surface area contributed by atoms with E-state index >= 15 is 0 Å². The summed E-state index contributed by atoms with van der Waals surface area (Å²) in [6.07, 6.45) is 2.16. The number of benzene rings is 1. The number of nitro groups is 1. The van der Waals surface area contributed by atoms with Crippen LogP contribution in [0.15, 0.2) is 18.2 Å². The molecule has 0 unspecified atom stereocenters. The fourth-order valence-electron chi connectivity index (χ4n) is 2.29. The van der Waals surface area contributed by atoms with E-state index in [-0.39, 0.29) is 23.4 Å². The van der Waals surface area contributed by atoms with Gasteiger partial charge in [-0.25, -0.2) is 4.39 Å². The number of hydrogen-bond acceptors (Lipinski definition) is 4. The van der Waals surface area contributed by atoms with Crippen molar-refractivity contribution in [1.82, 2.24) is 5.32 Å². The molecule has 1 aliphatic rings.